The molecule has 1 fully saturated rings. The van der Waals surface area contributed by atoms with Crippen LogP contribution in [0.1, 0.15) is 31.4 Å². The van der Waals surface area contributed by atoms with Gasteiger partial charge in [-0.05, 0) is 38.0 Å². The molecule has 0 unspecified atom stereocenters. The fourth-order valence-electron chi connectivity index (χ4n) is 2.96. The van der Waals surface area contributed by atoms with E-state index in [-0.39, 0.29) is 22.2 Å². The fourth-order valence-corrected chi connectivity index (χ4v) is 3.29. The van der Waals surface area contributed by atoms with Gasteiger partial charge in [-0.1, -0.05) is 0 Å². The van der Waals surface area contributed by atoms with Gasteiger partial charge in [0.1, 0.15) is 5.65 Å². The number of H-pyrrole nitrogens is 1. The Labute approximate surface area is 150 Å². The molecule has 1 saturated carbocycles. The number of aryl methyl sites for hydroxylation is 1. The lowest BCUT2D eigenvalue weighted by molar-refractivity contribution is -0.136. The third-order valence-electron chi connectivity index (χ3n) is 4.37. The van der Waals surface area contributed by atoms with Crippen LogP contribution in [0.3, 0.4) is 0 Å². The molecular weight excluding hydrogens is 367 g/mol. The minimum absolute atomic E-state index is 0.0321. The van der Waals surface area contributed by atoms with Crippen LogP contribution < -0.4 is 5.56 Å². The van der Waals surface area contributed by atoms with E-state index >= 15 is 0 Å². The van der Waals surface area contributed by atoms with Crippen molar-refractivity contribution >= 4 is 23.3 Å². The summed E-state index contributed by atoms with van der Waals surface area (Å²) in [6, 6.07) is 0.860. The highest BCUT2D eigenvalue weighted by molar-refractivity contribution is 7.71. The van der Waals surface area contributed by atoms with E-state index in [1.54, 1.807) is 10.9 Å². The first-order valence-electron chi connectivity index (χ1n) is 8.09. The summed E-state index contributed by atoms with van der Waals surface area (Å²) in [4.78, 5) is 19.0. The van der Waals surface area contributed by atoms with Crippen molar-refractivity contribution < 1.29 is 13.2 Å². The molecule has 3 aromatic rings. The van der Waals surface area contributed by atoms with E-state index < -0.39 is 22.7 Å². The number of hydrogen-bond acceptors (Lipinski definition) is 4. The molecule has 10 heteroatoms. The molecule has 3 heterocycles. The molecule has 0 amide bonds. The Morgan fingerprint density at radius 3 is 2.69 bits per heavy atom. The first-order chi connectivity index (χ1) is 12.3. The van der Waals surface area contributed by atoms with Crippen LogP contribution in [0.4, 0.5) is 13.2 Å². The fraction of sp³-hybridized carbons (Fsp3) is 0.375. The first kappa shape index (κ1) is 17.0. The molecule has 3 aromatic heterocycles. The van der Waals surface area contributed by atoms with Gasteiger partial charge in [0.05, 0.1) is 22.8 Å². The first-order valence-corrected chi connectivity index (χ1v) is 8.50. The van der Waals surface area contributed by atoms with Gasteiger partial charge in [-0.15, -0.1) is 0 Å². The highest BCUT2D eigenvalue weighted by Gasteiger charge is 2.37. The normalized spacial score (nSPS) is 14.9. The lowest BCUT2D eigenvalue weighted by Gasteiger charge is -2.15. The van der Waals surface area contributed by atoms with Crippen LogP contribution in [0.25, 0.3) is 22.3 Å². The Balaban J connectivity index is 2.11. The van der Waals surface area contributed by atoms with Crippen LogP contribution in [-0.2, 0) is 12.7 Å². The lowest BCUT2D eigenvalue weighted by Crippen LogP contribution is -2.20. The number of aromatic amines is 1. The topological polar surface area (TPSA) is 68.5 Å². The maximum absolute atomic E-state index is 13.7. The van der Waals surface area contributed by atoms with Gasteiger partial charge in [-0.2, -0.15) is 18.3 Å². The van der Waals surface area contributed by atoms with Crippen LogP contribution in [0.15, 0.2) is 23.3 Å². The van der Waals surface area contributed by atoms with Crippen molar-refractivity contribution in [3.05, 3.63) is 39.1 Å². The predicted octanol–water partition coefficient (Wildman–Crippen LogP) is 3.69. The summed E-state index contributed by atoms with van der Waals surface area (Å²) in [5.41, 5.74) is -1.37. The molecular formula is C16H14F3N5OS. The largest absolute Gasteiger partial charge is 0.417 e. The number of aromatic nitrogens is 5. The zero-order chi connectivity index (χ0) is 18.6. The number of pyridine rings is 1. The maximum Gasteiger partial charge on any atom is 0.417 e. The molecule has 0 bridgehead atoms. The molecule has 1 aliphatic rings. The van der Waals surface area contributed by atoms with Crippen molar-refractivity contribution in [2.75, 3.05) is 0 Å². The second-order valence-corrected chi connectivity index (χ2v) is 6.58. The smallest absolute Gasteiger partial charge is 0.299 e. The SMILES string of the molecule is CCn1cc(-c2cc(C(F)(F)F)c3c(=O)[nH]c(=S)n(C4CC4)c3n2)cn1. The molecule has 1 aliphatic carbocycles. The Hall–Kier alpha value is -2.49. The van der Waals surface area contributed by atoms with E-state index in [2.05, 4.69) is 15.1 Å². The molecule has 0 radical (unpaired) electrons. The van der Waals surface area contributed by atoms with Crippen LogP contribution in [-0.4, -0.2) is 24.3 Å². The standard InChI is InChI=1S/C16H14F3N5OS/c1-2-23-7-8(6-20-23)11-5-10(16(17,18)19)12-13(21-11)24(9-3-4-9)15(26)22-14(12)25/h5-7,9H,2-4H2,1H3,(H,22,25,26). The van der Waals surface area contributed by atoms with Gasteiger partial charge in [0.25, 0.3) is 5.56 Å². The number of halogens is 3. The van der Waals surface area contributed by atoms with Crippen molar-refractivity contribution in [3.63, 3.8) is 0 Å². The second kappa shape index (κ2) is 5.76. The van der Waals surface area contributed by atoms with Gasteiger partial charge in [0, 0.05) is 24.3 Å². The quantitative estimate of drug-likeness (QED) is 0.703. The summed E-state index contributed by atoms with van der Waals surface area (Å²) >= 11 is 5.17. The van der Waals surface area contributed by atoms with Gasteiger partial charge in [0.2, 0.25) is 0 Å². The van der Waals surface area contributed by atoms with Gasteiger partial charge in [0.15, 0.2) is 4.77 Å². The summed E-state index contributed by atoms with van der Waals surface area (Å²) in [6.07, 6.45) is -0.0420. The van der Waals surface area contributed by atoms with E-state index in [1.807, 2.05) is 6.92 Å². The van der Waals surface area contributed by atoms with Crippen LogP contribution in [0.5, 0.6) is 0 Å². The third kappa shape index (κ3) is 2.74. The molecule has 0 atom stereocenters. The number of hydrogen-bond donors (Lipinski definition) is 1. The van der Waals surface area contributed by atoms with E-state index in [0.717, 1.165) is 18.9 Å². The van der Waals surface area contributed by atoms with Crippen molar-refractivity contribution in [1.29, 1.82) is 0 Å². The van der Waals surface area contributed by atoms with Crippen LogP contribution in [0.2, 0.25) is 0 Å². The van der Waals surface area contributed by atoms with Crippen molar-refractivity contribution in [2.45, 2.75) is 38.5 Å². The van der Waals surface area contributed by atoms with Gasteiger partial charge in [-0.3, -0.25) is 19.0 Å². The monoisotopic (exact) mass is 381 g/mol. The molecule has 1 N–H and O–H groups in total. The van der Waals surface area contributed by atoms with E-state index in [1.165, 1.54) is 10.8 Å². The predicted molar refractivity (Wildman–Crippen MR) is 91.4 cm³/mol. The summed E-state index contributed by atoms with van der Waals surface area (Å²) in [5.74, 6) is 0. The lowest BCUT2D eigenvalue weighted by atomic mass is 10.1. The minimum Gasteiger partial charge on any atom is -0.299 e. The van der Waals surface area contributed by atoms with Gasteiger partial charge in [-0.25, -0.2) is 4.98 Å². The minimum atomic E-state index is -4.70. The highest BCUT2D eigenvalue weighted by atomic mass is 32.1. The van der Waals surface area contributed by atoms with Crippen LogP contribution in [0, 0.1) is 4.77 Å². The average Bonchev–Trinajstić information content (AvgIpc) is 3.28. The Morgan fingerprint density at radius 2 is 2.12 bits per heavy atom. The second-order valence-electron chi connectivity index (χ2n) is 6.20. The van der Waals surface area contributed by atoms with Gasteiger partial charge < -0.3 is 0 Å². The van der Waals surface area contributed by atoms with Crippen molar-refractivity contribution in [1.82, 2.24) is 24.3 Å². The number of nitrogens with one attached hydrogen (secondary N) is 1. The highest BCUT2D eigenvalue weighted by Crippen LogP contribution is 2.40. The Bertz CT molecular complexity index is 1120. The summed E-state index contributed by atoms with van der Waals surface area (Å²) in [5, 5.41) is 3.61. The molecule has 0 saturated heterocycles. The summed E-state index contributed by atoms with van der Waals surface area (Å²) in [6.45, 7) is 2.45. The van der Waals surface area contributed by atoms with Crippen LogP contribution >= 0.6 is 12.2 Å². The van der Waals surface area contributed by atoms with E-state index in [9.17, 15) is 18.0 Å². The molecule has 136 valence electrons. The zero-order valence-electron chi connectivity index (χ0n) is 13.7. The molecule has 6 nitrogen and oxygen atoms in total. The molecule has 0 aliphatic heterocycles. The van der Waals surface area contributed by atoms with Crippen molar-refractivity contribution in [2.24, 2.45) is 0 Å². The van der Waals surface area contributed by atoms with Crippen molar-refractivity contribution in [3.8, 4) is 11.3 Å². The number of alkyl halides is 3. The summed E-state index contributed by atoms with van der Waals surface area (Å²) < 4.78 is 44.2. The summed E-state index contributed by atoms with van der Waals surface area (Å²) in [7, 11) is 0. The number of fused-ring (bicyclic) bond motifs is 1. The molecule has 26 heavy (non-hydrogen) atoms. The molecule has 0 aromatic carbocycles. The van der Waals surface area contributed by atoms with E-state index in [0.29, 0.717) is 12.1 Å². The number of nitrogens with zero attached hydrogens (tertiary/aromatic N) is 4. The van der Waals surface area contributed by atoms with E-state index in [4.69, 9.17) is 12.2 Å². The zero-order valence-corrected chi connectivity index (χ0v) is 14.5. The Morgan fingerprint density at radius 1 is 1.38 bits per heavy atom. The maximum atomic E-state index is 13.7. The van der Waals surface area contributed by atoms with Gasteiger partial charge >= 0.3 is 6.18 Å². The third-order valence-corrected chi connectivity index (χ3v) is 4.66. The average molecular weight is 381 g/mol. The number of rotatable bonds is 3. The molecule has 0 spiro atoms. The Kier molecular flexibility index (Phi) is 3.76. The molecule has 4 rings (SSSR count).